The third kappa shape index (κ3) is 4.42. The zero-order valence-corrected chi connectivity index (χ0v) is 15.4. The van der Waals surface area contributed by atoms with E-state index in [4.69, 9.17) is 16.3 Å². The second-order valence-corrected chi connectivity index (χ2v) is 7.18. The number of nitrogens with one attached hydrogen (secondary N) is 1. The summed E-state index contributed by atoms with van der Waals surface area (Å²) in [6.45, 7) is 0.0914. The fourth-order valence-corrected chi connectivity index (χ4v) is 3.66. The van der Waals surface area contributed by atoms with Gasteiger partial charge in [-0.15, -0.1) is 11.3 Å². The first-order valence-corrected chi connectivity index (χ1v) is 9.37. The van der Waals surface area contributed by atoms with Gasteiger partial charge in [0, 0.05) is 17.3 Å². The third-order valence-electron chi connectivity index (χ3n) is 3.97. The summed E-state index contributed by atoms with van der Waals surface area (Å²) in [5.74, 6) is -1.20. The Balaban J connectivity index is 1.54. The van der Waals surface area contributed by atoms with E-state index in [9.17, 15) is 14.4 Å². The summed E-state index contributed by atoms with van der Waals surface area (Å²) in [4.78, 5) is 38.8. The largest absolute Gasteiger partial charge is 0.454 e. The average molecular weight is 393 g/mol. The van der Waals surface area contributed by atoms with Crippen LogP contribution in [0.4, 0.5) is 5.69 Å². The van der Waals surface area contributed by atoms with E-state index in [2.05, 4.69) is 5.32 Å². The van der Waals surface area contributed by atoms with Gasteiger partial charge in [-0.2, -0.15) is 0 Å². The van der Waals surface area contributed by atoms with Crippen molar-refractivity contribution >= 4 is 46.4 Å². The maximum atomic E-state index is 12.5. The Morgan fingerprint density at radius 1 is 1.27 bits per heavy atom. The molecule has 1 aromatic heterocycles. The van der Waals surface area contributed by atoms with Crippen LogP contribution in [0.15, 0.2) is 41.8 Å². The van der Waals surface area contributed by atoms with Crippen molar-refractivity contribution in [3.8, 4) is 0 Å². The van der Waals surface area contributed by atoms with Gasteiger partial charge < -0.3 is 15.0 Å². The number of halogens is 1. The highest BCUT2D eigenvalue weighted by Crippen LogP contribution is 2.23. The van der Waals surface area contributed by atoms with Crippen LogP contribution in [-0.2, 0) is 14.3 Å². The lowest BCUT2D eigenvalue weighted by Gasteiger charge is -2.22. The van der Waals surface area contributed by atoms with Crippen molar-refractivity contribution in [2.45, 2.75) is 18.9 Å². The summed E-state index contributed by atoms with van der Waals surface area (Å²) < 4.78 is 5.11. The Morgan fingerprint density at radius 3 is 2.85 bits per heavy atom. The number of anilines is 1. The maximum absolute atomic E-state index is 12.5. The van der Waals surface area contributed by atoms with E-state index in [0.29, 0.717) is 28.6 Å². The van der Waals surface area contributed by atoms with Crippen LogP contribution in [0.1, 0.15) is 22.5 Å². The third-order valence-corrected chi connectivity index (χ3v) is 5.06. The second-order valence-electron chi connectivity index (χ2n) is 5.80. The maximum Gasteiger partial charge on any atom is 0.329 e. The zero-order valence-electron chi connectivity index (χ0n) is 13.8. The number of amides is 2. The first kappa shape index (κ1) is 18.4. The van der Waals surface area contributed by atoms with Gasteiger partial charge in [0.1, 0.15) is 6.04 Å². The molecule has 26 heavy (non-hydrogen) atoms. The second kappa shape index (κ2) is 8.33. The van der Waals surface area contributed by atoms with Crippen molar-refractivity contribution < 1.29 is 19.1 Å². The minimum atomic E-state index is -0.649. The highest BCUT2D eigenvalue weighted by atomic mass is 35.5. The molecule has 1 aliphatic rings. The summed E-state index contributed by atoms with van der Waals surface area (Å²) >= 11 is 7.19. The molecule has 0 radical (unpaired) electrons. The van der Waals surface area contributed by atoms with Gasteiger partial charge in [0.25, 0.3) is 11.8 Å². The fourth-order valence-electron chi connectivity index (χ4n) is 2.79. The molecular formula is C18H17ClN2O4S. The molecule has 6 nitrogen and oxygen atoms in total. The number of benzene rings is 1. The van der Waals surface area contributed by atoms with Gasteiger partial charge in [0.15, 0.2) is 6.61 Å². The molecular weight excluding hydrogens is 376 g/mol. The minimum absolute atomic E-state index is 0.178. The number of nitrogens with zero attached hydrogens (tertiary/aromatic N) is 1. The van der Waals surface area contributed by atoms with Gasteiger partial charge >= 0.3 is 5.97 Å². The molecule has 1 N–H and O–H groups in total. The highest BCUT2D eigenvalue weighted by Gasteiger charge is 2.36. The molecule has 3 rings (SSSR count). The predicted molar refractivity (Wildman–Crippen MR) is 99.4 cm³/mol. The molecule has 2 heterocycles. The van der Waals surface area contributed by atoms with Crippen LogP contribution in [-0.4, -0.2) is 41.9 Å². The molecule has 1 unspecified atom stereocenters. The molecule has 0 bridgehead atoms. The molecule has 0 aliphatic carbocycles. The first-order valence-electron chi connectivity index (χ1n) is 8.11. The van der Waals surface area contributed by atoms with Gasteiger partial charge in [-0.25, -0.2) is 4.79 Å². The van der Waals surface area contributed by atoms with Crippen molar-refractivity contribution in [3.05, 3.63) is 51.7 Å². The van der Waals surface area contributed by atoms with Crippen LogP contribution in [0.5, 0.6) is 0 Å². The van der Waals surface area contributed by atoms with Crippen LogP contribution in [0.2, 0.25) is 5.02 Å². The number of likely N-dealkylation sites (tertiary alicyclic amines) is 1. The summed E-state index contributed by atoms with van der Waals surface area (Å²) in [7, 11) is 0. The Hall–Kier alpha value is -2.38. The highest BCUT2D eigenvalue weighted by molar-refractivity contribution is 7.12. The zero-order chi connectivity index (χ0) is 18.5. The van der Waals surface area contributed by atoms with Crippen molar-refractivity contribution in [2.75, 3.05) is 18.5 Å². The van der Waals surface area contributed by atoms with E-state index >= 15 is 0 Å². The lowest BCUT2D eigenvalue weighted by molar-refractivity contribution is -0.151. The summed E-state index contributed by atoms with van der Waals surface area (Å²) in [6.07, 6.45) is 1.26. The Kier molecular flexibility index (Phi) is 5.90. The average Bonchev–Trinajstić information content (AvgIpc) is 3.30. The molecule has 2 aromatic rings. The number of carbonyl (C=O) groups is 3. The van der Waals surface area contributed by atoms with E-state index in [-0.39, 0.29) is 5.91 Å². The quantitative estimate of drug-likeness (QED) is 0.793. The van der Waals surface area contributed by atoms with Gasteiger partial charge in [0.05, 0.1) is 4.88 Å². The van der Waals surface area contributed by atoms with E-state index in [0.717, 1.165) is 6.42 Å². The van der Waals surface area contributed by atoms with Crippen LogP contribution in [0, 0.1) is 0 Å². The SMILES string of the molecule is O=C(COC(=O)C1CCCN1C(=O)c1cccs1)Nc1cccc(Cl)c1. The molecule has 1 saturated heterocycles. The Morgan fingerprint density at radius 2 is 2.12 bits per heavy atom. The summed E-state index contributed by atoms with van der Waals surface area (Å²) in [6, 6.07) is 9.55. The van der Waals surface area contributed by atoms with E-state index < -0.39 is 24.5 Å². The molecule has 1 aliphatic heterocycles. The number of ether oxygens (including phenoxy) is 1. The summed E-state index contributed by atoms with van der Waals surface area (Å²) in [5.41, 5.74) is 0.522. The molecule has 8 heteroatoms. The van der Waals surface area contributed by atoms with Crippen molar-refractivity contribution in [1.82, 2.24) is 4.90 Å². The standard InChI is InChI=1S/C18H17ClN2O4S/c19-12-4-1-5-13(10-12)20-16(22)11-25-18(24)14-6-2-8-21(14)17(23)15-7-3-9-26-15/h1,3-5,7,9-10,14H,2,6,8,11H2,(H,20,22). The van der Waals surface area contributed by atoms with Crippen LogP contribution < -0.4 is 5.32 Å². The molecule has 1 aromatic carbocycles. The van der Waals surface area contributed by atoms with E-state index in [1.54, 1.807) is 36.4 Å². The molecule has 1 fully saturated rings. The van der Waals surface area contributed by atoms with Crippen LogP contribution >= 0.6 is 22.9 Å². The predicted octanol–water partition coefficient (Wildman–Crippen LogP) is 3.19. The summed E-state index contributed by atoms with van der Waals surface area (Å²) in [5, 5.41) is 4.92. The smallest absolute Gasteiger partial charge is 0.329 e. The molecule has 1 atom stereocenters. The van der Waals surface area contributed by atoms with E-state index in [1.165, 1.54) is 16.2 Å². The number of esters is 1. The number of carbonyl (C=O) groups excluding carboxylic acids is 3. The molecule has 0 spiro atoms. The van der Waals surface area contributed by atoms with Crippen LogP contribution in [0.25, 0.3) is 0 Å². The monoisotopic (exact) mass is 392 g/mol. The number of hydrogen-bond donors (Lipinski definition) is 1. The number of hydrogen-bond acceptors (Lipinski definition) is 5. The Bertz CT molecular complexity index is 809. The van der Waals surface area contributed by atoms with Crippen LogP contribution in [0.3, 0.4) is 0 Å². The van der Waals surface area contributed by atoms with Gasteiger partial charge in [-0.1, -0.05) is 23.7 Å². The molecule has 2 amide bonds. The molecule has 0 saturated carbocycles. The van der Waals surface area contributed by atoms with Crippen molar-refractivity contribution in [2.24, 2.45) is 0 Å². The normalized spacial score (nSPS) is 16.3. The Labute approximate surface area is 159 Å². The minimum Gasteiger partial charge on any atom is -0.454 e. The van der Waals surface area contributed by atoms with Gasteiger partial charge in [0.2, 0.25) is 0 Å². The first-order chi connectivity index (χ1) is 12.5. The lowest BCUT2D eigenvalue weighted by Crippen LogP contribution is -2.41. The lowest BCUT2D eigenvalue weighted by atomic mass is 10.2. The van der Waals surface area contributed by atoms with Crippen molar-refractivity contribution in [1.29, 1.82) is 0 Å². The molecule has 136 valence electrons. The van der Waals surface area contributed by atoms with E-state index in [1.807, 2.05) is 5.38 Å². The number of thiophene rings is 1. The van der Waals surface area contributed by atoms with Gasteiger partial charge in [-0.3, -0.25) is 9.59 Å². The number of rotatable bonds is 5. The fraction of sp³-hybridized carbons (Fsp3) is 0.278. The van der Waals surface area contributed by atoms with Gasteiger partial charge in [-0.05, 0) is 42.5 Å². The van der Waals surface area contributed by atoms with Crippen molar-refractivity contribution in [3.63, 3.8) is 0 Å². The topological polar surface area (TPSA) is 75.7 Å².